The highest BCUT2D eigenvalue weighted by Crippen LogP contribution is 2.28. The van der Waals surface area contributed by atoms with Gasteiger partial charge in [-0.3, -0.25) is 4.79 Å². The van der Waals surface area contributed by atoms with Crippen molar-refractivity contribution in [1.82, 2.24) is 0 Å². The van der Waals surface area contributed by atoms with Crippen LogP contribution in [0.25, 0.3) is 0 Å². The lowest BCUT2D eigenvalue weighted by Crippen LogP contribution is -2.35. The van der Waals surface area contributed by atoms with Crippen LogP contribution in [0, 0.1) is 18.6 Å². The average molecular weight is 226 g/mol. The Balaban J connectivity index is 2.48. The number of hydrogen-bond donors (Lipinski definition) is 1. The van der Waals surface area contributed by atoms with Gasteiger partial charge in [-0.2, -0.15) is 0 Å². The van der Waals surface area contributed by atoms with Crippen LogP contribution in [0.15, 0.2) is 12.1 Å². The molecule has 0 spiro atoms. The van der Waals surface area contributed by atoms with Crippen molar-refractivity contribution in [3.05, 3.63) is 29.3 Å². The quantitative estimate of drug-likeness (QED) is 0.785. The van der Waals surface area contributed by atoms with Gasteiger partial charge >= 0.3 is 0 Å². The van der Waals surface area contributed by atoms with Crippen LogP contribution in [-0.2, 0) is 4.79 Å². The normalized spacial score (nSPS) is 20.6. The number of halogens is 2. The van der Waals surface area contributed by atoms with Crippen molar-refractivity contribution in [3.8, 4) is 0 Å². The molecule has 1 aromatic carbocycles. The molecule has 0 aromatic heterocycles. The Morgan fingerprint density at radius 2 is 2.12 bits per heavy atom. The number of hydrogen-bond acceptors (Lipinski definition) is 2. The molecule has 0 saturated carbocycles. The van der Waals surface area contributed by atoms with E-state index in [9.17, 15) is 13.6 Å². The molecule has 1 aromatic rings. The summed E-state index contributed by atoms with van der Waals surface area (Å²) in [7, 11) is 0. The fourth-order valence-corrected chi connectivity index (χ4v) is 1.81. The van der Waals surface area contributed by atoms with Gasteiger partial charge in [0.25, 0.3) is 0 Å². The van der Waals surface area contributed by atoms with E-state index >= 15 is 0 Å². The number of carbonyl (C=O) groups excluding carboxylic acids is 1. The van der Waals surface area contributed by atoms with Gasteiger partial charge in [-0.15, -0.1) is 0 Å². The SMILES string of the molecule is Cc1ccc(F)c(N2CCC(N)C2=O)c1F. The molecule has 1 aliphatic heterocycles. The zero-order valence-electron chi connectivity index (χ0n) is 8.84. The second kappa shape index (κ2) is 3.83. The van der Waals surface area contributed by atoms with Gasteiger partial charge in [0.05, 0.1) is 6.04 Å². The number of benzene rings is 1. The molecule has 0 radical (unpaired) electrons. The highest BCUT2D eigenvalue weighted by molar-refractivity contribution is 5.99. The van der Waals surface area contributed by atoms with Crippen molar-refractivity contribution in [2.75, 3.05) is 11.4 Å². The maximum atomic E-state index is 13.7. The first-order valence-electron chi connectivity index (χ1n) is 5.04. The summed E-state index contributed by atoms with van der Waals surface area (Å²) in [5.74, 6) is -1.85. The van der Waals surface area contributed by atoms with E-state index in [4.69, 9.17) is 5.73 Å². The molecule has 1 saturated heterocycles. The molecule has 1 heterocycles. The van der Waals surface area contributed by atoms with Gasteiger partial charge in [0.15, 0.2) is 5.82 Å². The minimum atomic E-state index is -0.731. The predicted octanol–water partition coefficient (Wildman–Crippen LogP) is 1.34. The van der Waals surface area contributed by atoms with Gasteiger partial charge in [0.2, 0.25) is 5.91 Å². The van der Waals surface area contributed by atoms with Crippen LogP contribution in [0.5, 0.6) is 0 Å². The van der Waals surface area contributed by atoms with Crippen molar-refractivity contribution >= 4 is 11.6 Å². The molecule has 0 bridgehead atoms. The van der Waals surface area contributed by atoms with E-state index in [-0.39, 0.29) is 12.2 Å². The predicted molar refractivity (Wildman–Crippen MR) is 56.0 cm³/mol. The molecule has 1 atom stereocenters. The van der Waals surface area contributed by atoms with E-state index in [2.05, 4.69) is 0 Å². The van der Waals surface area contributed by atoms with Gasteiger partial charge < -0.3 is 10.6 Å². The van der Waals surface area contributed by atoms with E-state index < -0.39 is 23.6 Å². The summed E-state index contributed by atoms with van der Waals surface area (Å²) in [6.45, 7) is 1.79. The van der Waals surface area contributed by atoms with Crippen molar-refractivity contribution < 1.29 is 13.6 Å². The molecular formula is C11H12F2N2O. The maximum Gasteiger partial charge on any atom is 0.244 e. The zero-order chi connectivity index (χ0) is 11.9. The van der Waals surface area contributed by atoms with E-state index in [1.807, 2.05) is 0 Å². The first-order chi connectivity index (χ1) is 7.52. The Hall–Kier alpha value is -1.49. The lowest BCUT2D eigenvalue weighted by molar-refractivity contribution is -0.118. The van der Waals surface area contributed by atoms with E-state index in [0.717, 1.165) is 11.0 Å². The summed E-state index contributed by atoms with van der Waals surface area (Å²) in [6, 6.07) is 1.85. The summed E-state index contributed by atoms with van der Waals surface area (Å²) < 4.78 is 27.2. The van der Waals surface area contributed by atoms with Crippen molar-refractivity contribution in [2.45, 2.75) is 19.4 Å². The highest BCUT2D eigenvalue weighted by Gasteiger charge is 2.33. The number of amides is 1. The van der Waals surface area contributed by atoms with Crippen LogP contribution >= 0.6 is 0 Å². The summed E-state index contributed by atoms with van der Waals surface area (Å²) in [6.07, 6.45) is 0.422. The van der Waals surface area contributed by atoms with E-state index in [1.165, 1.54) is 13.0 Å². The van der Waals surface area contributed by atoms with E-state index in [1.54, 1.807) is 0 Å². The lowest BCUT2D eigenvalue weighted by atomic mass is 10.2. The summed E-state index contributed by atoms with van der Waals surface area (Å²) in [4.78, 5) is 12.7. The van der Waals surface area contributed by atoms with Gasteiger partial charge in [-0.1, -0.05) is 6.07 Å². The zero-order valence-corrected chi connectivity index (χ0v) is 8.84. The van der Waals surface area contributed by atoms with Gasteiger partial charge in [0.1, 0.15) is 11.5 Å². The van der Waals surface area contributed by atoms with Crippen molar-refractivity contribution in [3.63, 3.8) is 0 Å². The fourth-order valence-electron chi connectivity index (χ4n) is 1.81. The summed E-state index contributed by atoms with van der Waals surface area (Å²) in [5.41, 5.74) is 5.54. The van der Waals surface area contributed by atoms with Crippen LogP contribution < -0.4 is 10.6 Å². The number of nitrogens with zero attached hydrogens (tertiary/aromatic N) is 1. The van der Waals surface area contributed by atoms with Crippen LogP contribution in [-0.4, -0.2) is 18.5 Å². The molecule has 2 rings (SSSR count). The third-order valence-corrected chi connectivity index (χ3v) is 2.78. The highest BCUT2D eigenvalue weighted by atomic mass is 19.1. The fraction of sp³-hybridized carbons (Fsp3) is 0.364. The molecule has 1 unspecified atom stereocenters. The monoisotopic (exact) mass is 226 g/mol. The van der Waals surface area contributed by atoms with Crippen LogP contribution in [0.4, 0.5) is 14.5 Å². The molecular weight excluding hydrogens is 214 g/mol. The number of nitrogens with two attached hydrogens (primary N) is 1. The minimum absolute atomic E-state index is 0.261. The molecule has 86 valence electrons. The second-order valence-electron chi connectivity index (χ2n) is 3.91. The molecule has 3 nitrogen and oxygen atoms in total. The largest absolute Gasteiger partial charge is 0.320 e. The van der Waals surface area contributed by atoms with Gasteiger partial charge in [-0.05, 0) is 25.0 Å². The molecule has 1 fully saturated rings. The first-order valence-corrected chi connectivity index (χ1v) is 5.04. The summed E-state index contributed by atoms with van der Waals surface area (Å²) in [5, 5.41) is 0. The Morgan fingerprint density at radius 1 is 1.44 bits per heavy atom. The van der Waals surface area contributed by atoms with Crippen LogP contribution in [0.1, 0.15) is 12.0 Å². The lowest BCUT2D eigenvalue weighted by Gasteiger charge is -2.18. The number of rotatable bonds is 1. The molecule has 2 N–H and O–H groups in total. The third kappa shape index (κ3) is 1.57. The molecule has 1 aliphatic rings. The molecule has 16 heavy (non-hydrogen) atoms. The van der Waals surface area contributed by atoms with Gasteiger partial charge in [0, 0.05) is 6.54 Å². The minimum Gasteiger partial charge on any atom is -0.320 e. The molecule has 1 amide bonds. The first kappa shape index (κ1) is 11.0. The Morgan fingerprint density at radius 3 is 2.69 bits per heavy atom. The van der Waals surface area contributed by atoms with Crippen LogP contribution in [0.3, 0.4) is 0 Å². The Kier molecular flexibility index (Phi) is 2.63. The Labute approximate surface area is 91.8 Å². The topological polar surface area (TPSA) is 46.3 Å². The summed E-state index contributed by atoms with van der Waals surface area (Å²) >= 11 is 0. The van der Waals surface area contributed by atoms with Crippen molar-refractivity contribution in [2.24, 2.45) is 5.73 Å². The maximum absolute atomic E-state index is 13.7. The van der Waals surface area contributed by atoms with Gasteiger partial charge in [-0.25, -0.2) is 8.78 Å². The smallest absolute Gasteiger partial charge is 0.244 e. The van der Waals surface area contributed by atoms with E-state index in [0.29, 0.717) is 12.0 Å². The number of aryl methyl sites for hydroxylation is 1. The average Bonchev–Trinajstić information content (AvgIpc) is 2.56. The third-order valence-electron chi connectivity index (χ3n) is 2.78. The molecule has 5 heteroatoms. The Bertz CT molecular complexity index is 448. The molecule has 0 aliphatic carbocycles. The van der Waals surface area contributed by atoms with Crippen LogP contribution in [0.2, 0.25) is 0 Å². The van der Waals surface area contributed by atoms with Crippen molar-refractivity contribution in [1.29, 1.82) is 0 Å². The second-order valence-corrected chi connectivity index (χ2v) is 3.91. The number of carbonyl (C=O) groups is 1. The standard InChI is InChI=1S/C11H12F2N2O/c1-6-2-3-7(12)10(9(6)13)15-5-4-8(14)11(15)16/h2-3,8H,4-5,14H2,1H3. The number of anilines is 1.